The van der Waals surface area contributed by atoms with E-state index >= 15 is 0 Å². The van der Waals surface area contributed by atoms with E-state index in [0.29, 0.717) is 33.1 Å². The summed E-state index contributed by atoms with van der Waals surface area (Å²) in [6.07, 6.45) is 0. The first kappa shape index (κ1) is 17.1. The number of nitriles is 2. The fraction of sp³-hybridized carbons (Fsp3) is 0. The van der Waals surface area contributed by atoms with Crippen molar-refractivity contribution >= 4 is 44.2 Å². The van der Waals surface area contributed by atoms with Crippen LogP contribution in [0.5, 0.6) is 5.75 Å². The third kappa shape index (κ3) is 2.50. The topological polar surface area (TPSA) is 96.5 Å². The van der Waals surface area contributed by atoms with Crippen LogP contribution in [0.3, 0.4) is 0 Å². The molecule has 0 bridgehead atoms. The lowest BCUT2D eigenvalue weighted by atomic mass is 10.00. The van der Waals surface area contributed by atoms with E-state index in [1.54, 1.807) is 42.5 Å². The molecule has 0 radical (unpaired) electrons. The number of halogens is 1. The van der Waals surface area contributed by atoms with E-state index in [1.165, 1.54) is 0 Å². The van der Waals surface area contributed by atoms with Crippen molar-refractivity contribution < 1.29 is 5.11 Å². The second kappa shape index (κ2) is 6.24. The van der Waals surface area contributed by atoms with Gasteiger partial charge in [-0.3, -0.25) is 0 Å². The molecule has 6 heteroatoms. The number of hydrogen-bond donors (Lipinski definition) is 2. The van der Waals surface area contributed by atoms with Crippen LogP contribution in [0.2, 0.25) is 5.02 Å². The van der Waals surface area contributed by atoms with E-state index < -0.39 is 0 Å². The van der Waals surface area contributed by atoms with Crippen molar-refractivity contribution in [2.75, 3.05) is 0 Å². The molecule has 0 saturated heterocycles. The Morgan fingerprint density at radius 3 is 2.28 bits per heavy atom. The number of rotatable bonds is 1. The van der Waals surface area contributed by atoms with Crippen molar-refractivity contribution in [1.82, 2.24) is 9.97 Å². The van der Waals surface area contributed by atoms with E-state index in [9.17, 15) is 15.6 Å². The second-order valence-electron chi connectivity index (χ2n) is 6.68. The van der Waals surface area contributed by atoms with Gasteiger partial charge in [0, 0.05) is 15.8 Å². The fourth-order valence-corrected chi connectivity index (χ4v) is 3.97. The van der Waals surface area contributed by atoms with Crippen LogP contribution >= 0.6 is 11.6 Å². The molecule has 0 atom stereocenters. The molecule has 5 rings (SSSR count). The molecule has 2 N–H and O–H groups in total. The van der Waals surface area contributed by atoms with Crippen LogP contribution in [-0.4, -0.2) is 15.1 Å². The predicted molar refractivity (Wildman–Crippen MR) is 113 cm³/mol. The van der Waals surface area contributed by atoms with Crippen LogP contribution < -0.4 is 0 Å². The molecule has 0 aliphatic carbocycles. The lowest BCUT2D eigenvalue weighted by Gasteiger charge is -2.07. The lowest BCUT2D eigenvalue weighted by Crippen LogP contribution is -1.91. The monoisotopic (exact) mass is 394 g/mol. The highest BCUT2D eigenvalue weighted by molar-refractivity contribution is 6.33. The van der Waals surface area contributed by atoms with Crippen molar-refractivity contribution in [3.63, 3.8) is 0 Å². The molecule has 0 unspecified atom stereocenters. The third-order valence-corrected chi connectivity index (χ3v) is 5.28. The van der Waals surface area contributed by atoms with Crippen LogP contribution in [-0.2, 0) is 0 Å². The zero-order valence-electron chi connectivity index (χ0n) is 14.9. The number of benzene rings is 4. The maximum atomic E-state index is 10.0. The lowest BCUT2D eigenvalue weighted by molar-refractivity contribution is 0.476. The van der Waals surface area contributed by atoms with E-state index in [0.717, 1.165) is 27.1 Å². The predicted octanol–water partition coefficient (Wildman–Crippen LogP) is 5.64. The van der Waals surface area contributed by atoms with Crippen LogP contribution in [0.1, 0.15) is 11.1 Å². The van der Waals surface area contributed by atoms with Gasteiger partial charge in [-0.2, -0.15) is 10.5 Å². The SMILES string of the molecule is N#Cc1cccc(C#N)c1-c1nc2c3ccc(O)cc3c3cc(Cl)ccc3c2[nH]1. The van der Waals surface area contributed by atoms with Gasteiger partial charge in [0.15, 0.2) is 0 Å². The Morgan fingerprint density at radius 1 is 0.862 bits per heavy atom. The van der Waals surface area contributed by atoms with E-state index in [-0.39, 0.29) is 5.75 Å². The zero-order valence-corrected chi connectivity index (χ0v) is 15.6. The van der Waals surface area contributed by atoms with E-state index in [1.807, 2.05) is 12.1 Å². The van der Waals surface area contributed by atoms with Gasteiger partial charge in [0.25, 0.3) is 0 Å². The number of nitrogens with one attached hydrogen (secondary N) is 1. The molecule has 0 spiro atoms. The highest BCUT2D eigenvalue weighted by Crippen LogP contribution is 2.38. The second-order valence-corrected chi connectivity index (χ2v) is 7.12. The summed E-state index contributed by atoms with van der Waals surface area (Å²) in [4.78, 5) is 8.07. The number of phenols is 1. The average Bonchev–Trinajstić information content (AvgIpc) is 3.18. The number of H-pyrrole nitrogens is 1. The molecule has 29 heavy (non-hydrogen) atoms. The summed E-state index contributed by atoms with van der Waals surface area (Å²) >= 11 is 6.23. The van der Waals surface area contributed by atoms with Crippen molar-refractivity contribution in [1.29, 1.82) is 10.5 Å². The van der Waals surface area contributed by atoms with Crippen LogP contribution in [0.25, 0.3) is 44.0 Å². The Labute approximate surface area is 170 Å². The van der Waals surface area contributed by atoms with Crippen molar-refractivity contribution in [2.24, 2.45) is 0 Å². The van der Waals surface area contributed by atoms with Crippen molar-refractivity contribution in [3.05, 3.63) is 70.7 Å². The molecular formula is C23H11ClN4O. The van der Waals surface area contributed by atoms with Gasteiger partial charge in [-0.1, -0.05) is 23.7 Å². The normalized spacial score (nSPS) is 11.0. The van der Waals surface area contributed by atoms with Gasteiger partial charge in [-0.15, -0.1) is 0 Å². The number of hydrogen-bond acceptors (Lipinski definition) is 4. The minimum absolute atomic E-state index is 0.149. The van der Waals surface area contributed by atoms with Crippen LogP contribution in [0, 0.1) is 22.7 Å². The molecule has 1 heterocycles. The molecule has 5 aromatic rings. The first-order valence-electron chi connectivity index (χ1n) is 8.78. The van der Waals surface area contributed by atoms with Gasteiger partial charge in [-0.25, -0.2) is 4.98 Å². The Morgan fingerprint density at radius 2 is 1.55 bits per heavy atom. The third-order valence-electron chi connectivity index (χ3n) is 5.05. The summed E-state index contributed by atoms with van der Waals surface area (Å²) in [5.41, 5.74) is 2.69. The van der Waals surface area contributed by atoms with Crippen molar-refractivity contribution in [2.45, 2.75) is 0 Å². The van der Waals surface area contributed by atoms with Crippen molar-refractivity contribution in [3.8, 4) is 29.3 Å². The average molecular weight is 395 g/mol. The number of aromatic nitrogens is 2. The first-order valence-corrected chi connectivity index (χ1v) is 9.16. The van der Waals surface area contributed by atoms with Gasteiger partial charge in [-0.05, 0) is 53.2 Å². The standard InChI is InChI=1S/C23H11ClN4O/c24-14-4-6-16-18(8-14)19-9-15(29)5-7-17(19)22-21(16)27-23(28-22)20-12(10-25)2-1-3-13(20)11-26/h1-9,29H,(H,27,28). The van der Waals surface area contributed by atoms with Gasteiger partial charge >= 0.3 is 0 Å². The summed E-state index contributed by atoms with van der Waals surface area (Å²) in [5, 5.41) is 33.1. The largest absolute Gasteiger partial charge is 0.508 e. The minimum atomic E-state index is 0.149. The number of aromatic amines is 1. The summed E-state index contributed by atoms with van der Waals surface area (Å²) < 4.78 is 0. The molecule has 1 aromatic heterocycles. The highest BCUT2D eigenvalue weighted by atomic mass is 35.5. The van der Waals surface area contributed by atoms with Gasteiger partial charge in [0.05, 0.1) is 39.9 Å². The maximum Gasteiger partial charge on any atom is 0.141 e. The van der Waals surface area contributed by atoms with Gasteiger partial charge in [0.1, 0.15) is 11.6 Å². The number of fused-ring (bicyclic) bond motifs is 6. The van der Waals surface area contributed by atoms with Crippen LogP contribution in [0.15, 0.2) is 54.6 Å². The molecule has 0 aliphatic heterocycles. The molecule has 0 aliphatic rings. The molecule has 4 aromatic carbocycles. The molecule has 0 fully saturated rings. The molecule has 136 valence electrons. The summed E-state index contributed by atoms with van der Waals surface area (Å²) in [6.45, 7) is 0. The summed E-state index contributed by atoms with van der Waals surface area (Å²) in [7, 11) is 0. The Hall–Kier alpha value is -4.06. The van der Waals surface area contributed by atoms with Crippen LogP contribution in [0.4, 0.5) is 0 Å². The summed E-state index contributed by atoms with van der Waals surface area (Å²) in [6, 6.07) is 19.9. The quantitative estimate of drug-likeness (QED) is 0.359. The number of aromatic hydroxyl groups is 1. The van der Waals surface area contributed by atoms with Gasteiger partial charge in [0.2, 0.25) is 0 Å². The van der Waals surface area contributed by atoms with E-state index in [4.69, 9.17) is 16.6 Å². The minimum Gasteiger partial charge on any atom is -0.508 e. The molecule has 5 nitrogen and oxygen atoms in total. The highest BCUT2D eigenvalue weighted by Gasteiger charge is 2.18. The van der Waals surface area contributed by atoms with Gasteiger partial charge < -0.3 is 10.1 Å². The Balaban J connectivity index is 1.98. The molecule has 0 saturated carbocycles. The first-order chi connectivity index (χ1) is 14.1. The van der Waals surface area contributed by atoms with E-state index in [2.05, 4.69) is 17.1 Å². The Kier molecular flexibility index (Phi) is 3.67. The smallest absolute Gasteiger partial charge is 0.141 e. The molecular weight excluding hydrogens is 384 g/mol. The fourth-order valence-electron chi connectivity index (χ4n) is 3.79. The number of imidazole rings is 1. The Bertz CT molecular complexity index is 1440. The maximum absolute atomic E-state index is 10.0. The number of phenolic OH excluding ortho intramolecular Hbond substituents is 1. The summed E-state index contributed by atoms with van der Waals surface area (Å²) in [5.74, 6) is 0.598. The number of nitrogens with zero attached hydrogens (tertiary/aromatic N) is 3. The molecule has 0 amide bonds. The zero-order chi connectivity index (χ0) is 20.1.